The van der Waals surface area contributed by atoms with Crippen LogP contribution in [0.4, 0.5) is 0 Å². The molecular formula is C17H23NO4. The van der Waals surface area contributed by atoms with Gasteiger partial charge in [-0.25, -0.2) is 0 Å². The number of hydrogen-bond donors (Lipinski definition) is 0. The minimum Gasteiger partial charge on any atom is -0.493 e. The summed E-state index contributed by atoms with van der Waals surface area (Å²) in [6.45, 7) is 6.26. The van der Waals surface area contributed by atoms with E-state index in [1.807, 2.05) is 18.2 Å². The second-order valence-electron chi connectivity index (χ2n) is 6.36. The molecule has 120 valence electrons. The van der Waals surface area contributed by atoms with Gasteiger partial charge >= 0.3 is 0 Å². The molecule has 0 N–H and O–H groups in total. The molecule has 1 unspecified atom stereocenters. The van der Waals surface area contributed by atoms with E-state index in [9.17, 15) is 0 Å². The van der Waals surface area contributed by atoms with Crippen LogP contribution >= 0.6 is 0 Å². The molecule has 1 saturated heterocycles. The van der Waals surface area contributed by atoms with Gasteiger partial charge in [0.1, 0.15) is 0 Å². The molecule has 2 aliphatic heterocycles. The van der Waals surface area contributed by atoms with Crippen molar-refractivity contribution in [2.45, 2.75) is 32.3 Å². The van der Waals surface area contributed by atoms with E-state index in [4.69, 9.17) is 19.0 Å². The van der Waals surface area contributed by atoms with Crippen LogP contribution in [0.25, 0.3) is 0 Å². The fourth-order valence-electron chi connectivity index (χ4n) is 2.70. The Hall–Kier alpha value is -1.75. The Balaban J connectivity index is 1.78. The van der Waals surface area contributed by atoms with Gasteiger partial charge in [-0.3, -0.25) is 0 Å². The zero-order valence-electron chi connectivity index (χ0n) is 13.4. The first kappa shape index (κ1) is 15.2. The van der Waals surface area contributed by atoms with Gasteiger partial charge in [0, 0.05) is 18.4 Å². The van der Waals surface area contributed by atoms with E-state index in [-0.39, 0.29) is 5.60 Å². The molecule has 22 heavy (non-hydrogen) atoms. The molecule has 3 rings (SSSR count). The van der Waals surface area contributed by atoms with Gasteiger partial charge < -0.3 is 19.0 Å². The fraction of sp³-hybridized carbons (Fsp3) is 0.588. The maximum atomic E-state index is 5.86. The van der Waals surface area contributed by atoms with Crippen LogP contribution in [0.5, 0.6) is 11.5 Å². The second kappa shape index (κ2) is 6.16. The molecule has 2 aliphatic rings. The smallest absolute Gasteiger partial charge is 0.168 e. The summed E-state index contributed by atoms with van der Waals surface area (Å²) in [5.41, 5.74) is 1.71. The van der Waals surface area contributed by atoms with Crippen LogP contribution in [0.3, 0.4) is 0 Å². The number of methoxy groups -OCH3 is 1. The number of nitrogens with zero attached hydrogens (tertiary/aromatic N) is 1. The molecule has 5 heteroatoms. The quantitative estimate of drug-likeness (QED) is 0.839. The Labute approximate surface area is 131 Å². The van der Waals surface area contributed by atoms with Crippen molar-refractivity contribution < 1.29 is 19.0 Å². The van der Waals surface area contributed by atoms with Gasteiger partial charge in [-0.15, -0.1) is 0 Å². The third-order valence-corrected chi connectivity index (χ3v) is 3.98. The summed E-state index contributed by atoms with van der Waals surface area (Å²) in [7, 11) is 1.65. The number of ether oxygens (including phenoxy) is 3. The molecule has 0 radical (unpaired) electrons. The van der Waals surface area contributed by atoms with Crippen molar-refractivity contribution in [3.63, 3.8) is 0 Å². The van der Waals surface area contributed by atoms with E-state index in [0.29, 0.717) is 19.1 Å². The van der Waals surface area contributed by atoms with Crippen molar-refractivity contribution in [2.75, 3.05) is 26.9 Å². The third-order valence-electron chi connectivity index (χ3n) is 3.98. The van der Waals surface area contributed by atoms with Crippen molar-refractivity contribution in [1.82, 2.24) is 0 Å². The SMILES string of the molecule is COc1ccc(C2=NOC3(CCOC3)C2)cc1OCC(C)C. The van der Waals surface area contributed by atoms with Gasteiger partial charge in [-0.05, 0) is 24.1 Å². The Kier molecular flexibility index (Phi) is 4.25. The van der Waals surface area contributed by atoms with Crippen LogP contribution in [-0.2, 0) is 9.57 Å². The van der Waals surface area contributed by atoms with Gasteiger partial charge in [0.05, 0.1) is 32.6 Å². The first-order valence-electron chi connectivity index (χ1n) is 7.76. The zero-order valence-corrected chi connectivity index (χ0v) is 13.4. The number of hydrogen-bond acceptors (Lipinski definition) is 5. The maximum Gasteiger partial charge on any atom is 0.168 e. The predicted molar refractivity (Wildman–Crippen MR) is 83.7 cm³/mol. The molecule has 1 atom stereocenters. The lowest BCUT2D eigenvalue weighted by atomic mass is 9.93. The number of benzene rings is 1. The molecule has 0 amide bonds. The van der Waals surface area contributed by atoms with E-state index in [1.54, 1.807) is 7.11 Å². The number of oxime groups is 1. The van der Waals surface area contributed by atoms with Gasteiger partial charge in [0.25, 0.3) is 0 Å². The first-order valence-corrected chi connectivity index (χ1v) is 7.76. The molecule has 1 fully saturated rings. The van der Waals surface area contributed by atoms with Gasteiger partial charge in [-0.1, -0.05) is 19.0 Å². The van der Waals surface area contributed by atoms with Crippen LogP contribution in [0, 0.1) is 5.92 Å². The zero-order chi connectivity index (χ0) is 15.6. The second-order valence-corrected chi connectivity index (χ2v) is 6.36. The average molecular weight is 305 g/mol. The molecule has 5 nitrogen and oxygen atoms in total. The summed E-state index contributed by atoms with van der Waals surface area (Å²) in [5, 5.41) is 4.27. The summed E-state index contributed by atoms with van der Waals surface area (Å²) < 4.78 is 16.7. The third kappa shape index (κ3) is 3.04. The standard InChI is InChI=1S/C17H23NO4/c1-12(2)10-21-16-8-13(4-5-15(16)19-3)14-9-17(22-18-14)6-7-20-11-17/h4-5,8,12H,6-7,9-11H2,1-3H3. The lowest BCUT2D eigenvalue weighted by molar-refractivity contribution is -0.0237. The van der Waals surface area contributed by atoms with Crippen molar-refractivity contribution in [3.8, 4) is 11.5 Å². The molecule has 1 aromatic carbocycles. The summed E-state index contributed by atoms with van der Waals surface area (Å²) in [4.78, 5) is 5.65. The average Bonchev–Trinajstić information content (AvgIpc) is 3.15. The molecular weight excluding hydrogens is 282 g/mol. The Morgan fingerprint density at radius 2 is 2.18 bits per heavy atom. The maximum absolute atomic E-state index is 5.86. The Bertz CT molecular complexity index is 562. The summed E-state index contributed by atoms with van der Waals surface area (Å²) in [6, 6.07) is 5.90. The van der Waals surface area contributed by atoms with Crippen molar-refractivity contribution in [1.29, 1.82) is 0 Å². The highest BCUT2D eigenvalue weighted by Crippen LogP contribution is 2.36. The lowest BCUT2D eigenvalue weighted by Gasteiger charge is -2.17. The van der Waals surface area contributed by atoms with E-state index >= 15 is 0 Å². The molecule has 0 bridgehead atoms. The van der Waals surface area contributed by atoms with Gasteiger partial charge in [0.15, 0.2) is 17.1 Å². The van der Waals surface area contributed by atoms with Crippen LogP contribution in [0.1, 0.15) is 32.3 Å². The van der Waals surface area contributed by atoms with Crippen LogP contribution in [0.2, 0.25) is 0 Å². The highest BCUT2D eigenvalue weighted by atomic mass is 16.7. The molecule has 1 spiro atoms. The summed E-state index contributed by atoms with van der Waals surface area (Å²) >= 11 is 0. The largest absolute Gasteiger partial charge is 0.493 e. The summed E-state index contributed by atoms with van der Waals surface area (Å²) in [6.07, 6.45) is 1.68. The van der Waals surface area contributed by atoms with Gasteiger partial charge in [-0.2, -0.15) is 0 Å². The summed E-state index contributed by atoms with van der Waals surface area (Å²) in [5.74, 6) is 1.95. The number of rotatable bonds is 5. The van der Waals surface area contributed by atoms with Gasteiger partial charge in [0.2, 0.25) is 0 Å². The predicted octanol–water partition coefficient (Wildman–Crippen LogP) is 3.01. The lowest BCUT2D eigenvalue weighted by Crippen LogP contribution is -2.29. The van der Waals surface area contributed by atoms with Crippen molar-refractivity contribution >= 4 is 5.71 Å². The Morgan fingerprint density at radius 1 is 1.32 bits per heavy atom. The Morgan fingerprint density at radius 3 is 2.86 bits per heavy atom. The fourth-order valence-corrected chi connectivity index (χ4v) is 2.70. The molecule has 0 saturated carbocycles. The monoisotopic (exact) mass is 305 g/mol. The van der Waals surface area contributed by atoms with E-state index in [2.05, 4.69) is 19.0 Å². The van der Waals surface area contributed by atoms with Crippen LogP contribution < -0.4 is 9.47 Å². The highest BCUT2D eigenvalue weighted by molar-refractivity contribution is 6.02. The normalized spacial score (nSPS) is 23.7. The molecule has 1 aromatic rings. The molecule has 0 aliphatic carbocycles. The van der Waals surface area contributed by atoms with E-state index < -0.39 is 0 Å². The van der Waals surface area contributed by atoms with Crippen LogP contribution in [-0.4, -0.2) is 38.2 Å². The van der Waals surface area contributed by atoms with Crippen molar-refractivity contribution in [3.05, 3.63) is 23.8 Å². The minimum atomic E-state index is -0.256. The first-order chi connectivity index (χ1) is 10.6. The molecule has 0 aromatic heterocycles. The van der Waals surface area contributed by atoms with E-state index in [0.717, 1.165) is 42.2 Å². The van der Waals surface area contributed by atoms with E-state index in [1.165, 1.54) is 0 Å². The minimum absolute atomic E-state index is 0.256. The topological polar surface area (TPSA) is 49.3 Å². The van der Waals surface area contributed by atoms with Crippen LogP contribution in [0.15, 0.2) is 23.4 Å². The van der Waals surface area contributed by atoms with Crippen molar-refractivity contribution in [2.24, 2.45) is 11.1 Å². The highest BCUT2D eigenvalue weighted by Gasteiger charge is 2.43. The molecule has 2 heterocycles.